The number of ether oxygens (including phenoxy) is 2. The molecule has 12 heteroatoms. The van der Waals surface area contributed by atoms with E-state index in [-0.39, 0.29) is 56.7 Å². The van der Waals surface area contributed by atoms with Crippen LogP contribution in [0, 0.1) is 5.92 Å². The van der Waals surface area contributed by atoms with Crippen LogP contribution >= 0.6 is 0 Å². The highest BCUT2D eigenvalue weighted by molar-refractivity contribution is 5.85. The number of rotatable bonds is 6. The molecule has 0 aliphatic carbocycles. The van der Waals surface area contributed by atoms with E-state index in [0.717, 1.165) is 12.1 Å². The zero-order valence-corrected chi connectivity index (χ0v) is 20.6. The molecule has 2 aliphatic heterocycles. The Kier molecular flexibility index (Phi) is 8.25. The van der Waals surface area contributed by atoms with Gasteiger partial charge in [-0.1, -0.05) is 0 Å². The number of carbonyl (C=O) groups excluding carboxylic acids is 2. The standard InChI is InChI=1S/C24H32F3N3O6/c1-4-35-20(31)16-6-5-7-30(15-16)18-12-17(24(25,26)27)13-19(14-18)36-23(2,3)21(32)28-8-10-29(11-9-28)22(33)34/h12-14,16H,4-11,15H2,1-3H3,(H,33,34). The van der Waals surface area contributed by atoms with Crippen LogP contribution < -0.4 is 9.64 Å². The quantitative estimate of drug-likeness (QED) is 0.580. The second-order valence-electron chi connectivity index (χ2n) is 9.42. The van der Waals surface area contributed by atoms with Crippen molar-refractivity contribution in [3.63, 3.8) is 0 Å². The molecule has 0 spiro atoms. The van der Waals surface area contributed by atoms with Crippen molar-refractivity contribution in [3.8, 4) is 5.75 Å². The third kappa shape index (κ3) is 6.52. The summed E-state index contributed by atoms with van der Waals surface area (Å²) < 4.78 is 52.1. The van der Waals surface area contributed by atoms with Gasteiger partial charge in [-0.3, -0.25) is 9.59 Å². The van der Waals surface area contributed by atoms with Crippen LogP contribution in [-0.2, 0) is 20.5 Å². The van der Waals surface area contributed by atoms with Crippen LogP contribution in [0.25, 0.3) is 0 Å². The third-order valence-electron chi connectivity index (χ3n) is 6.35. The Morgan fingerprint density at radius 2 is 1.67 bits per heavy atom. The molecular weight excluding hydrogens is 483 g/mol. The topological polar surface area (TPSA) is 99.6 Å². The van der Waals surface area contributed by atoms with Gasteiger partial charge in [0.25, 0.3) is 5.91 Å². The van der Waals surface area contributed by atoms with Gasteiger partial charge in [-0.25, -0.2) is 4.79 Å². The summed E-state index contributed by atoms with van der Waals surface area (Å²) in [4.78, 5) is 40.8. The van der Waals surface area contributed by atoms with Crippen molar-refractivity contribution in [2.75, 3.05) is 50.8 Å². The number of benzene rings is 1. The SMILES string of the molecule is CCOC(=O)C1CCCN(c2cc(OC(C)(C)C(=O)N3CCN(C(=O)O)CC3)cc(C(F)(F)F)c2)C1. The molecule has 36 heavy (non-hydrogen) atoms. The van der Waals surface area contributed by atoms with Crippen molar-refractivity contribution in [2.24, 2.45) is 5.92 Å². The van der Waals surface area contributed by atoms with E-state index in [1.165, 1.54) is 29.7 Å². The van der Waals surface area contributed by atoms with Crippen molar-refractivity contribution < 1.29 is 42.1 Å². The number of carbonyl (C=O) groups is 3. The molecule has 2 amide bonds. The minimum Gasteiger partial charge on any atom is -0.478 e. The number of amides is 2. The van der Waals surface area contributed by atoms with Gasteiger partial charge in [-0.05, 0) is 45.7 Å². The van der Waals surface area contributed by atoms with Crippen molar-refractivity contribution in [1.29, 1.82) is 0 Å². The molecule has 2 aliphatic rings. The highest BCUT2D eigenvalue weighted by Gasteiger charge is 2.38. The van der Waals surface area contributed by atoms with E-state index < -0.39 is 35.3 Å². The Labute approximate surface area is 207 Å². The minimum atomic E-state index is -4.65. The van der Waals surface area contributed by atoms with Gasteiger partial charge in [0.05, 0.1) is 18.1 Å². The number of hydrogen-bond acceptors (Lipinski definition) is 6. The molecule has 1 N–H and O–H groups in total. The lowest BCUT2D eigenvalue weighted by molar-refractivity contribution is -0.148. The van der Waals surface area contributed by atoms with E-state index in [4.69, 9.17) is 14.6 Å². The summed E-state index contributed by atoms with van der Waals surface area (Å²) in [5.74, 6) is -1.40. The van der Waals surface area contributed by atoms with E-state index in [1.54, 1.807) is 11.8 Å². The summed E-state index contributed by atoms with van der Waals surface area (Å²) in [7, 11) is 0. The Hall–Kier alpha value is -3.18. The van der Waals surface area contributed by atoms with Crippen LogP contribution in [0.4, 0.5) is 23.7 Å². The molecule has 2 heterocycles. The molecule has 0 saturated carbocycles. The van der Waals surface area contributed by atoms with Gasteiger partial charge in [-0.2, -0.15) is 13.2 Å². The van der Waals surface area contributed by atoms with Gasteiger partial charge in [0, 0.05) is 51.0 Å². The molecule has 9 nitrogen and oxygen atoms in total. The summed E-state index contributed by atoms with van der Waals surface area (Å²) >= 11 is 0. The van der Waals surface area contributed by atoms with Crippen LogP contribution in [0.5, 0.6) is 5.75 Å². The van der Waals surface area contributed by atoms with E-state index in [0.29, 0.717) is 19.4 Å². The molecule has 0 bridgehead atoms. The van der Waals surface area contributed by atoms with E-state index in [2.05, 4.69) is 0 Å². The van der Waals surface area contributed by atoms with Crippen molar-refractivity contribution in [1.82, 2.24) is 9.80 Å². The number of piperazine rings is 1. The van der Waals surface area contributed by atoms with Crippen molar-refractivity contribution in [3.05, 3.63) is 23.8 Å². The Balaban J connectivity index is 1.81. The average molecular weight is 516 g/mol. The number of esters is 1. The number of piperidine rings is 1. The first-order chi connectivity index (χ1) is 16.8. The fourth-order valence-corrected chi connectivity index (χ4v) is 4.47. The second-order valence-corrected chi connectivity index (χ2v) is 9.42. The molecule has 1 aromatic carbocycles. The zero-order valence-electron chi connectivity index (χ0n) is 20.6. The molecule has 200 valence electrons. The highest BCUT2D eigenvalue weighted by atomic mass is 19.4. The van der Waals surface area contributed by atoms with Gasteiger partial charge in [0.2, 0.25) is 0 Å². The number of carboxylic acid groups (broad SMARTS) is 1. The lowest BCUT2D eigenvalue weighted by atomic mass is 9.97. The monoisotopic (exact) mass is 515 g/mol. The molecule has 1 unspecified atom stereocenters. The second kappa shape index (κ2) is 10.8. The molecule has 1 atom stereocenters. The zero-order chi connectivity index (χ0) is 26.7. The summed E-state index contributed by atoms with van der Waals surface area (Å²) in [6.07, 6.45) is -4.51. The van der Waals surface area contributed by atoms with Crippen molar-refractivity contribution >= 4 is 23.7 Å². The lowest BCUT2D eigenvalue weighted by Crippen LogP contribution is -2.56. The summed E-state index contributed by atoms with van der Waals surface area (Å²) in [6.45, 7) is 6.15. The smallest absolute Gasteiger partial charge is 0.416 e. The molecule has 0 aromatic heterocycles. The van der Waals surface area contributed by atoms with E-state index >= 15 is 0 Å². The van der Waals surface area contributed by atoms with E-state index in [1.807, 2.05) is 0 Å². The number of halogens is 3. The Morgan fingerprint density at radius 3 is 2.25 bits per heavy atom. The summed E-state index contributed by atoms with van der Waals surface area (Å²) in [5.41, 5.74) is -2.18. The van der Waals surface area contributed by atoms with Gasteiger partial charge in [0.1, 0.15) is 5.75 Å². The van der Waals surface area contributed by atoms with Crippen LogP contribution in [0.3, 0.4) is 0 Å². The molecule has 1 aromatic rings. The summed E-state index contributed by atoms with van der Waals surface area (Å²) in [5, 5.41) is 9.09. The Morgan fingerprint density at radius 1 is 1.03 bits per heavy atom. The fourth-order valence-electron chi connectivity index (χ4n) is 4.47. The maximum absolute atomic E-state index is 13.7. The summed E-state index contributed by atoms with van der Waals surface area (Å²) in [6, 6.07) is 3.31. The lowest BCUT2D eigenvalue weighted by Gasteiger charge is -2.38. The van der Waals surface area contributed by atoms with Gasteiger partial charge >= 0.3 is 18.2 Å². The number of alkyl halides is 3. The maximum atomic E-state index is 13.7. The van der Waals surface area contributed by atoms with Gasteiger partial charge in [-0.15, -0.1) is 0 Å². The third-order valence-corrected chi connectivity index (χ3v) is 6.35. The largest absolute Gasteiger partial charge is 0.478 e. The maximum Gasteiger partial charge on any atom is 0.416 e. The molecule has 0 radical (unpaired) electrons. The predicted molar refractivity (Wildman–Crippen MR) is 124 cm³/mol. The first kappa shape index (κ1) is 27.4. The molecule has 3 rings (SSSR count). The first-order valence-corrected chi connectivity index (χ1v) is 11.9. The average Bonchev–Trinajstić information content (AvgIpc) is 2.83. The first-order valence-electron chi connectivity index (χ1n) is 11.9. The van der Waals surface area contributed by atoms with Gasteiger partial charge < -0.3 is 29.3 Å². The number of hydrogen-bond donors (Lipinski definition) is 1. The van der Waals surface area contributed by atoms with Crippen molar-refractivity contribution in [2.45, 2.75) is 45.4 Å². The van der Waals surface area contributed by atoms with Gasteiger partial charge in [0.15, 0.2) is 5.60 Å². The number of nitrogens with zero attached hydrogens (tertiary/aromatic N) is 3. The molecular formula is C24H32F3N3O6. The van der Waals surface area contributed by atoms with Crippen LogP contribution in [-0.4, -0.2) is 84.4 Å². The Bertz CT molecular complexity index is 976. The van der Waals surface area contributed by atoms with E-state index in [9.17, 15) is 27.6 Å². The molecule has 2 saturated heterocycles. The molecule has 2 fully saturated rings. The van der Waals surface area contributed by atoms with Crippen LogP contribution in [0.1, 0.15) is 39.2 Å². The highest BCUT2D eigenvalue weighted by Crippen LogP contribution is 2.37. The number of anilines is 1. The predicted octanol–water partition coefficient (Wildman–Crippen LogP) is 3.46. The normalized spacial score (nSPS) is 19.2. The van der Waals surface area contributed by atoms with Crippen LogP contribution in [0.15, 0.2) is 18.2 Å². The minimum absolute atomic E-state index is 0.124. The van der Waals surface area contributed by atoms with Crippen LogP contribution in [0.2, 0.25) is 0 Å². The fraction of sp³-hybridized carbons (Fsp3) is 0.625.